The fourth-order valence-electron chi connectivity index (χ4n) is 3.18. The first-order valence-electron chi connectivity index (χ1n) is 11.1. The van der Waals surface area contributed by atoms with Crippen LogP contribution in [-0.4, -0.2) is 33.7 Å². The van der Waals surface area contributed by atoms with Crippen LogP contribution in [0.4, 0.5) is 0 Å². The molecule has 30 heavy (non-hydrogen) atoms. The van der Waals surface area contributed by atoms with E-state index in [1.807, 2.05) is 20.8 Å². The standard InChI is InChI=1S/C21H40NO3Si.NO3/c1-5-9-10-11-12-13-17-22-18-14-21(15-19-22)16-20-26(23-6-2,24-7-3)25-8-4;2-1(3)4/h14-15,18-19H,5-13,16-17,20H2,1-4H3;/q+1;-1. The molecule has 0 saturated carbocycles. The summed E-state index contributed by atoms with van der Waals surface area (Å²) in [6, 6.07) is 5.28. The highest BCUT2D eigenvalue weighted by atomic mass is 28.4. The summed E-state index contributed by atoms with van der Waals surface area (Å²) in [6.45, 7) is 11.3. The van der Waals surface area contributed by atoms with Gasteiger partial charge in [0.05, 0.1) is 5.09 Å². The lowest BCUT2D eigenvalue weighted by Crippen LogP contribution is -2.46. The number of aromatic nitrogens is 1. The third-order valence-electron chi connectivity index (χ3n) is 4.54. The normalized spacial score (nSPS) is 11.1. The minimum atomic E-state index is -2.54. The first-order valence-corrected chi connectivity index (χ1v) is 13.1. The lowest BCUT2D eigenvalue weighted by atomic mass is 10.1. The quantitative estimate of drug-likeness (QED) is 0.121. The molecule has 0 radical (unpaired) electrons. The van der Waals surface area contributed by atoms with Gasteiger partial charge in [-0.1, -0.05) is 32.6 Å². The fourth-order valence-corrected chi connectivity index (χ4v) is 5.77. The van der Waals surface area contributed by atoms with Crippen LogP contribution in [0.5, 0.6) is 0 Å². The molecular formula is C21H40N2O6Si. The van der Waals surface area contributed by atoms with Gasteiger partial charge in [0.2, 0.25) is 0 Å². The Hall–Kier alpha value is -1.55. The fraction of sp³-hybridized carbons (Fsp3) is 0.762. The van der Waals surface area contributed by atoms with Gasteiger partial charge in [-0.2, -0.15) is 0 Å². The van der Waals surface area contributed by atoms with E-state index < -0.39 is 13.9 Å². The summed E-state index contributed by atoms with van der Waals surface area (Å²) in [4.78, 5) is 8.25. The van der Waals surface area contributed by atoms with Gasteiger partial charge in [-0.05, 0) is 39.2 Å². The van der Waals surface area contributed by atoms with Gasteiger partial charge in [-0.3, -0.25) is 0 Å². The van der Waals surface area contributed by atoms with Gasteiger partial charge in [0.25, 0.3) is 0 Å². The number of aryl methyl sites for hydroxylation is 2. The van der Waals surface area contributed by atoms with Crippen LogP contribution < -0.4 is 4.57 Å². The SMILES string of the molecule is CCCCCCCC[n+]1ccc(CC[Si](OCC)(OCC)OCC)cc1.O=[N+]([O-])[O-]. The topological polar surface area (TPSA) is 97.8 Å². The average Bonchev–Trinajstić information content (AvgIpc) is 2.70. The molecule has 0 atom stereocenters. The molecule has 1 heterocycles. The van der Waals surface area contributed by atoms with Crippen LogP contribution in [0.25, 0.3) is 0 Å². The highest BCUT2D eigenvalue weighted by Crippen LogP contribution is 2.19. The maximum atomic E-state index is 8.25. The third kappa shape index (κ3) is 14.4. The van der Waals surface area contributed by atoms with Gasteiger partial charge in [0.15, 0.2) is 12.4 Å². The number of nitrogens with zero attached hydrogens (tertiary/aromatic N) is 2. The van der Waals surface area contributed by atoms with Crippen molar-refractivity contribution in [3.8, 4) is 0 Å². The van der Waals surface area contributed by atoms with Crippen molar-refractivity contribution in [2.45, 2.75) is 85.2 Å². The van der Waals surface area contributed by atoms with Crippen LogP contribution in [-0.2, 0) is 26.2 Å². The number of pyridine rings is 1. The predicted molar refractivity (Wildman–Crippen MR) is 120 cm³/mol. The van der Waals surface area contributed by atoms with E-state index in [-0.39, 0.29) is 0 Å². The molecule has 0 N–H and O–H groups in total. The monoisotopic (exact) mass is 444 g/mol. The molecular weight excluding hydrogens is 404 g/mol. The Morgan fingerprint density at radius 2 is 1.33 bits per heavy atom. The Labute approximate surface area is 182 Å². The van der Waals surface area contributed by atoms with E-state index in [0.29, 0.717) is 19.8 Å². The molecule has 0 fully saturated rings. The molecule has 1 aromatic rings. The molecule has 0 aliphatic carbocycles. The Morgan fingerprint density at radius 1 is 0.867 bits per heavy atom. The van der Waals surface area contributed by atoms with E-state index in [0.717, 1.165) is 19.0 Å². The van der Waals surface area contributed by atoms with Crippen molar-refractivity contribution >= 4 is 8.80 Å². The maximum Gasteiger partial charge on any atom is 0.501 e. The van der Waals surface area contributed by atoms with Crippen molar-refractivity contribution in [1.82, 2.24) is 0 Å². The highest BCUT2D eigenvalue weighted by Gasteiger charge is 2.39. The van der Waals surface area contributed by atoms with Crippen LogP contribution in [0.1, 0.15) is 71.8 Å². The summed E-state index contributed by atoms with van der Waals surface area (Å²) < 4.78 is 20.1. The van der Waals surface area contributed by atoms with E-state index in [4.69, 9.17) is 28.6 Å². The summed E-state index contributed by atoms with van der Waals surface area (Å²) in [5.74, 6) is 0. The van der Waals surface area contributed by atoms with Crippen LogP contribution >= 0.6 is 0 Å². The molecule has 0 unspecified atom stereocenters. The molecule has 9 heteroatoms. The summed E-state index contributed by atoms with van der Waals surface area (Å²) in [5.41, 5.74) is 1.32. The number of hydrogen-bond donors (Lipinski definition) is 0. The summed E-state index contributed by atoms with van der Waals surface area (Å²) in [7, 11) is -2.54. The zero-order valence-corrected chi connectivity index (χ0v) is 20.1. The number of hydrogen-bond acceptors (Lipinski definition) is 6. The molecule has 0 aliphatic heterocycles. The molecule has 1 rings (SSSR count). The molecule has 0 aliphatic rings. The highest BCUT2D eigenvalue weighted by molar-refractivity contribution is 6.60. The van der Waals surface area contributed by atoms with Crippen LogP contribution in [0, 0.1) is 15.3 Å². The summed E-state index contributed by atoms with van der Waals surface area (Å²) in [5, 5.41) is 14.8. The van der Waals surface area contributed by atoms with Gasteiger partial charge in [-0.25, -0.2) is 4.57 Å². The molecule has 8 nitrogen and oxygen atoms in total. The van der Waals surface area contributed by atoms with Gasteiger partial charge in [0.1, 0.15) is 6.54 Å². The zero-order chi connectivity index (χ0) is 22.7. The van der Waals surface area contributed by atoms with Crippen molar-refractivity contribution < 1.29 is 22.9 Å². The average molecular weight is 445 g/mol. The van der Waals surface area contributed by atoms with Gasteiger partial charge in [-0.15, -0.1) is 0 Å². The van der Waals surface area contributed by atoms with Crippen molar-refractivity contribution in [1.29, 1.82) is 0 Å². The maximum absolute atomic E-state index is 8.25. The van der Waals surface area contributed by atoms with E-state index in [9.17, 15) is 0 Å². The van der Waals surface area contributed by atoms with E-state index in [1.54, 1.807) is 0 Å². The second-order valence-corrected chi connectivity index (χ2v) is 9.65. The molecule has 1 aromatic heterocycles. The molecule has 0 aromatic carbocycles. The molecule has 174 valence electrons. The first kappa shape index (κ1) is 28.4. The Bertz CT molecular complexity index is 524. The number of unbranched alkanes of at least 4 members (excludes halogenated alkanes) is 5. The van der Waals surface area contributed by atoms with Gasteiger partial charge >= 0.3 is 8.80 Å². The van der Waals surface area contributed by atoms with E-state index in [1.165, 1.54) is 44.1 Å². The summed E-state index contributed by atoms with van der Waals surface area (Å²) in [6.07, 6.45) is 13.4. The van der Waals surface area contributed by atoms with Crippen molar-refractivity contribution in [2.24, 2.45) is 0 Å². The van der Waals surface area contributed by atoms with Crippen molar-refractivity contribution in [3.05, 3.63) is 45.4 Å². The minimum absolute atomic E-state index is 0.638. The predicted octanol–water partition coefficient (Wildman–Crippen LogP) is 4.69. The van der Waals surface area contributed by atoms with Crippen LogP contribution in [0.3, 0.4) is 0 Å². The molecule has 0 bridgehead atoms. The second kappa shape index (κ2) is 18.2. The third-order valence-corrected chi connectivity index (χ3v) is 7.59. The summed E-state index contributed by atoms with van der Waals surface area (Å²) >= 11 is 0. The van der Waals surface area contributed by atoms with Crippen molar-refractivity contribution in [3.63, 3.8) is 0 Å². The minimum Gasteiger partial charge on any atom is -0.374 e. The molecule has 0 amide bonds. The lowest BCUT2D eigenvalue weighted by molar-refractivity contribution is -0.697. The molecule has 0 saturated heterocycles. The zero-order valence-electron chi connectivity index (χ0n) is 19.1. The Morgan fingerprint density at radius 3 is 1.80 bits per heavy atom. The smallest absolute Gasteiger partial charge is 0.374 e. The van der Waals surface area contributed by atoms with Gasteiger partial charge in [0, 0.05) is 44.4 Å². The Kier molecular flexibility index (Phi) is 17.3. The van der Waals surface area contributed by atoms with Crippen molar-refractivity contribution in [2.75, 3.05) is 19.8 Å². The Balaban J connectivity index is 0.00000192. The largest absolute Gasteiger partial charge is 0.501 e. The van der Waals surface area contributed by atoms with E-state index >= 15 is 0 Å². The first-order chi connectivity index (χ1) is 14.4. The van der Waals surface area contributed by atoms with Gasteiger partial charge < -0.3 is 28.6 Å². The van der Waals surface area contributed by atoms with E-state index in [2.05, 4.69) is 36.0 Å². The second-order valence-electron chi connectivity index (χ2n) is 6.92. The number of rotatable bonds is 16. The van der Waals surface area contributed by atoms with Crippen LogP contribution in [0.2, 0.25) is 6.04 Å². The molecule has 0 spiro atoms. The lowest BCUT2D eigenvalue weighted by Gasteiger charge is -2.28. The van der Waals surface area contributed by atoms with Crippen LogP contribution in [0.15, 0.2) is 24.5 Å².